The Labute approximate surface area is 150 Å². The van der Waals surface area contributed by atoms with Crippen LogP contribution in [0, 0.1) is 20.7 Å². The van der Waals surface area contributed by atoms with E-state index in [4.69, 9.17) is 10.00 Å². The minimum absolute atomic E-state index is 0.107. The van der Waals surface area contributed by atoms with Crippen LogP contribution in [-0.2, 0) is 24.6 Å². The molecule has 22 heavy (non-hydrogen) atoms. The lowest BCUT2D eigenvalue weighted by Crippen LogP contribution is -2.01. The van der Waals surface area contributed by atoms with Crippen molar-refractivity contribution in [3.63, 3.8) is 0 Å². The van der Waals surface area contributed by atoms with Gasteiger partial charge in [0.25, 0.3) is 0 Å². The molecule has 3 nitrogen and oxygen atoms in total. The van der Waals surface area contributed by atoms with Gasteiger partial charge in [0.15, 0.2) is 0 Å². The van der Waals surface area contributed by atoms with E-state index in [0.717, 1.165) is 20.3 Å². The molecule has 2 aromatic carbocycles. The van der Waals surface area contributed by atoms with Crippen LogP contribution in [-0.4, -0.2) is 5.11 Å². The fourth-order valence-corrected chi connectivity index (χ4v) is 2.90. The summed E-state index contributed by atoms with van der Waals surface area (Å²) in [6.45, 7) is 0.485. The predicted molar refractivity (Wildman–Crippen MR) is 92.4 cm³/mol. The molecule has 0 saturated carbocycles. The molecular weight excluding hydrogens is 464 g/mol. The second-order valence-electron chi connectivity index (χ2n) is 4.60. The number of benzene rings is 2. The van der Waals surface area contributed by atoms with E-state index in [1.165, 1.54) is 6.07 Å². The minimum atomic E-state index is -0.308. The zero-order valence-corrected chi connectivity index (χ0v) is 15.2. The molecule has 0 fully saturated rings. The van der Waals surface area contributed by atoms with Crippen molar-refractivity contribution in [3.8, 4) is 6.07 Å². The molecule has 0 radical (unpaired) electrons. The van der Waals surface area contributed by atoms with Gasteiger partial charge in [0.2, 0.25) is 0 Å². The van der Waals surface area contributed by atoms with Crippen LogP contribution in [0.2, 0.25) is 0 Å². The molecule has 0 amide bonds. The standard InChI is InChI=1S/C16H12BrFINO2/c17-14-4-13(16(19)5-15(14)18)9-22-8-12-3-10(6-20)1-2-11(12)7-21/h1-5,21H,7-9H2. The summed E-state index contributed by atoms with van der Waals surface area (Å²) in [6, 6.07) is 10.3. The van der Waals surface area contributed by atoms with Crippen LogP contribution in [0.25, 0.3) is 0 Å². The van der Waals surface area contributed by atoms with Crippen LogP contribution in [0.4, 0.5) is 4.39 Å². The van der Waals surface area contributed by atoms with E-state index >= 15 is 0 Å². The van der Waals surface area contributed by atoms with Crippen molar-refractivity contribution in [3.05, 3.63) is 66.4 Å². The van der Waals surface area contributed by atoms with Crippen LogP contribution in [0.5, 0.6) is 0 Å². The summed E-state index contributed by atoms with van der Waals surface area (Å²) in [5, 5.41) is 18.2. The van der Waals surface area contributed by atoms with E-state index in [1.54, 1.807) is 24.3 Å². The first kappa shape index (κ1) is 17.3. The summed E-state index contributed by atoms with van der Waals surface area (Å²) in [5.41, 5.74) is 2.90. The van der Waals surface area contributed by atoms with Crippen molar-refractivity contribution in [1.82, 2.24) is 0 Å². The van der Waals surface area contributed by atoms with Gasteiger partial charge in [-0.25, -0.2) is 4.39 Å². The van der Waals surface area contributed by atoms with Crippen molar-refractivity contribution in [2.45, 2.75) is 19.8 Å². The molecule has 0 aliphatic carbocycles. The highest BCUT2D eigenvalue weighted by molar-refractivity contribution is 14.1. The molecule has 0 aromatic heterocycles. The van der Waals surface area contributed by atoms with Gasteiger partial charge in [-0.3, -0.25) is 0 Å². The van der Waals surface area contributed by atoms with Crippen molar-refractivity contribution in [2.75, 3.05) is 0 Å². The molecule has 0 aliphatic rings. The third-order valence-corrected chi connectivity index (χ3v) is 4.72. The summed E-state index contributed by atoms with van der Waals surface area (Å²) < 4.78 is 20.2. The molecule has 0 atom stereocenters. The third-order valence-electron chi connectivity index (χ3n) is 3.11. The van der Waals surface area contributed by atoms with Crippen molar-refractivity contribution in [2.24, 2.45) is 0 Å². The van der Waals surface area contributed by atoms with Crippen LogP contribution < -0.4 is 0 Å². The fourth-order valence-electron chi connectivity index (χ4n) is 1.93. The molecule has 0 heterocycles. The zero-order valence-electron chi connectivity index (χ0n) is 11.4. The molecule has 0 unspecified atom stereocenters. The number of rotatable bonds is 5. The van der Waals surface area contributed by atoms with Crippen LogP contribution in [0.1, 0.15) is 22.3 Å². The Kier molecular flexibility index (Phi) is 6.32. The van der Waals surface area contributed by atoms with Crippen LogP contribution in [0.15, 0.2) is 34.8 Å². The number of nitriles is 1. The lowest BCUT2D eigenvalue weighted by Gasteiger charge is -2.10. The second kappa shape index (κ2) is 8.02. The largest absolute Gasteiger partial charge is 0.392 e. The zero-order chi connectivity index (χ0) is 16.1. The average Bonchev–Trinajstić information content (AvgIpc) is 2.52. The molecule has 0 aliphatic heterocycles. The van der Waals surface area contributed by atoms with E-state index in [0.29, 0.717) is 16.6 Å². The second-order valence-corrected chi connectivity index (χ2v) is 6.62. The summed E-state index contributed by atoms with van der Waals surface area (Å²) in [6.07, 6.45) is 0. The molecule has 0 spiro atoms. The number of ether oxygens (including phenoxy) is 1. The Hall–Kier alpha value is -1.01. The van der Waals surface area contributed by atoms with Gasteiger partial charge in [0.05, 0.1) is 35.9 Å². The van der Waals surface area contributed by atoms with E-state index in [2.05, 4.69) is 44.6 Å². The number of halogens is 3. The maximum Gasteiger partial charge on any atom is 0.138 e. The average molecular weight is 476 g/mol. The van der Waals surface area contributed by atoms with Gasteiger partial charge < -0.3 is 9.84 Å². The minimum Gasteiger partial charge on any atom is -0.392 e. The lowest BCUT2D eigenvalue weighted by atomic mass is 10.1. The molecule has 1 N–H and O–H groups in total. The first-order chi connectivity index (χ1) is 10.5. The monoisotopic (exact) mass is 475 g/mol. The summed E-state index contributed by atoms with van der Waals surface area (Å²) >= 11 is 5.21. The van der Waals surface area contributed by atoms with Crippen LogP contribution >= 0.6 is 38.5 Å². The number of aliphatic hydroxyl groups is 1. The molecular formula is C16H12BrFINO2. The number of aliphatic hydroxyl groups excluding tert-OH is 1. The summed E-state index contributed by atoms with van der Waals surface area (Å²) in [4.78, 5) is 0. The van der Waals surface area contributed by atoms with Crippen LogP contribution in [0.3, 0.4) is 0 Å². The summed E-state index contributed by atoms with van der Waals surface area (Å²) in [5.74, 6) is -0.308. The Balaban J connectivity index is 2.08. The molecule has 2 aromatic rings. The number of hydrogen-bond donors (Lipinski definition) is 1. The molecule has 6 heteroatoms. The van der Waals surface area contributed by atoms with Gasteiger partial charge >= 0.3 is 0 Å². The molecule has 114 valence electrons. The van der Waals surface area contributed by atoms with Gasteiger partial charge in [-0.2, -0.15) is 5.26 Å². The van der Waals surface area contributed by atoms with Crippen molar-refractivity contribution >= 4 is 38.5 Å². The highest BCUT2D eigenvalue weighted by Gasteiger charge is 2.08. The van der Waals surface area contributed by atoms with E-state index in [-0.39, 0.29) is 19.0 Å². The Morgan fingerprint density at radius 1 is 1.18 bits per heavy atom. The number of nitrogens with zero attached hydrogens (tertiary/aromatic N) is 1. The lowest BCUT2D eigenvalue weighted by molar-refractivity contribution is 0.105. The fraction of sp³-hybridized carbons (Fsp3) is 0.188. The van der Waals surface area contributed by atoms with Gasteiger partial charge in [-0.1, -0.05) is 6.07 Å². The Bertz CT molecular complexity index is 731. The van der Waals surface area contributed by atoms with Gasteiger partial charge in [0, 0.05) is 3.57 Å². The van der Waals surface area contributed by atoms with Crippen molar-refractivity contribution < 1.29 is 14.2 Å². The third kappa shape index (κ3) is 4.26. The Morgan fingerprint density at radius 2 is 1.91 bits per heavy atom. The SMILES string of the molecule is N#Cc1ccc(CO)c(COCc2cc(Br)c(F)cc2I)c1. The van der Waals surface area contributed by atoms with Crippen molar-refractivity contribution in [1.29, 1.82) is 5.26 Å². The van der Waals surface area contributed by atoms with Gasteiger partial charge in [-0.15, -0.1) is 0 Å². The maximum atomic E-state index is 13.4. The first-order valence-electron chi connectivity index (χ1n) is 6.39. The van der Waals surface area contributed by atoms with Gasteiger partial charge in [-0.05, 0) is 79.5 Å². The Morgan fingerprint density at radius 3 is 2.59 bits per heavy atom. The predicted octanol–water partition coefficient (Wildman–Crippen LogP) is 4.27. The maximum absolute atomic E-state index is 13.4. The van der Waals surface area contributed by atoms with E-state index in [9.17, 15) is 9.50 Å². The smallest absolute Gasteiger partial charge is 0.138 e. The topological polar surface area (TPSA) is 53.2 Å². The molecule has 0 saturated heterocycles. The molecule has 0 bridgehead atoms. The quantitative estimate of drug-likeness (QED) is 0.519. The summed E-state index contributed by atoms with van der Waals surface area (Å²) in [7, 11) is 0. The van der Waals surface area contributed by atoms with E-state index in [1.807, 2.05) is 0 Å². The normalized spacial score (nSPS) is 10.5. The van der Waals surface area contributed by atoms with E-state index < -0.39 is 0 Å². The highest BCUT2D eigenvalue weighted by atomic mass is 127. The molecule has 2 rings (SSSR count). The van der Waals surface area contributed by atoms with Gasteiger partial charge in [0.1, 0.15) is 5.82 Å². The number of hydrogen-bond acceptors (Lipinski definition) is 3. The highest BCUT2D eigenvalue weighted by Crippen LogP contribution is 2.23. The first-order valence-corrected chi connectivity index (χ1v) is 8.26.